The van der Waals surface area contributed by atoms with Crippen LogP contribution in [0, 0.1) is 16.7 Å². The maximum absolute atomic E-state index is 9.12. The summed E-state index contributed by atoms with van der Waals surface area (Å²) in [5, 5.41) is 9.12. The number of thiophene rings is 1. The summed E-state index contributed by atoms with van der Waals surface area (Å²) in [7, 11) is 0. The molecule has 1 aliphatic rings. The molecule has 1 unspecified atom stereocenters. The van der Waals surface area contributed by atoms with Crippen molar-refractivity contribution in [2.24, 2.45) is 11.1 Å². The summed E-state index contributed by atoms with van der Waals surface area (Å²) in [4.78, 5) is 1.02. The number of rotatable bonds is 2. The summed E-state index contributed by atoms with van der Waals surface area (Å²) in [5.41, 5.74) is 5.76. The van der Waals surface area contributed by atoms with Gasteiger partial charge < -0.3 is 5.73 Å². The molecule has 1 aliphatic carbocycles. The summed E-state index contributed by atoms with van der Waals surface area (Å²) in [6.45, 7) is 0. The first kappa shape index (κ1) is 9.97. The van der Waals surface area contributed by atoms with E-state index in [-0.39, 0.29) is 11.5 Å². The van der Waals surface area contributed by atoms with Crippen molar-refractivity contribution in [3.05, 3.63) is 21.3 Å². The van der Waals surface area contributed by atoms with Crippen LogP contribution in [-0.2, 0) is 0 Å². The zero-order valence-corrected chi connectivity index (χ0v) is 9.24. The van der Waals surface area contributed by atoms with Gasteiger partial charge in [-0.2, -0.15) is 5.26 Å². The summed E-state index contributed by atoms with van der Waals surface area (Å²) < 4.78 is 0.739. The molecule has 14 heavy (non-hydrogen) atoms. The molecule has 0 radical (unpaired) electrons. The maximum atomic E-state index is 9.12. The molecule has 1 atom stereocenters. The maximum Gasteiger partial charge on any atom is 0.0931 e. The van der Waals surface area contributed by atoms with Crippen molar-refractivity contribution in [3.8, 4) is 6.07 Å². The van der Waals surface area contributed by atoms with Crippen LogP contribution >= 0.6 is 22.9 Å². The molecular formula is C10H11ClN2S. The van der Waals surface area contributed by atoms with E-state index in [1.807, 2.05) is 12.1 Å². The lowest BCUT2D eigenvalue weighted by molar-refractivity contribution is 0.171. The van der Waals surface area contributed by atoms with Gasteiger partial charge >= 0.3 is 0 Å². The lowest BCUT2D eigenvalue weighted by atomic mass is 9.65. The van der Waals surface area contributed by atoms with Gasteiger partial charge in [0.25, 0.3) is 0 Å². The van der Waals surface area contributed by atoms with Crippen LogP contribution < -0.4 is 5.73 Å². The van der Waals surface area contributed by atoms with Crippen LogP contribution in [-0.4, -0.2) is 0 Å². The third-order valence-corrected chi connectivity index (χ3v) is 4.28. The van der Waals surface area contributed by atoms with Crippen molar-refractivity contribution >= 4 is 22.9 Å². The molecule has 1 saturated carbocycles. The van der Waals surface area contributed by atoms with Gasteiger partial charge in [-0.3, -0.25) is 0 Å². The molecule has 2 nitrogen and oxygen atoms in total. The fourth-order valence-corrected chi connectivity index (χ4v) is 3.00. The van der Waals surface area contributed by atoms with E-state index in [1.165, 1.54) is 11.3 Å². The topological polar surface area (TPSA) is 49.8 Å². The predicted octanol–water partition coefficient (Wildman–Crippen LogP) is 3.10. The van der Waals surface area contributed by atoms with Crippen molar-refractivity contribution < 1.29 is 0 Å². The van der Waals surface area contributed by atoms with Crippen molar-refractivity contribution in [2.45, 2.75) is 25.3 Å². The number of nitrogens with two attached hydrogens (primary N) is 1. The van der Waals surface area contributed by atoms with Crippen LogP contribution in [0.25, 0.3) is 0 Å². The van der Waals surface area contributed by atoms with Crippen LogP contribution in [0.3, 0.4) is 0 Å². The molecule has 0 amide bonds. The van der Waals surface area contributed by atoms with Crippen molar-refractivity contribution in [2.75, 3.05) is 0 Å². The molecule has 1 heterocycles. The highest BCUT2D eigenvalue weighted by Crippen LogP contribution is 2.49. The molecule has 1 aromatic heterocycles. The Labute approximate surface area is 92.3 Å². The SMILES string of the molecule is N#CC1(C(N)c2ccc(Cl)s2)CCC1. The Bertz CT molecular complexity index is 376. The first-order valence-electron chi connectivity index (χ1n) is 4.60. The van der Waals surface area contributed by atoms with Gasteiger partial charge in [0, 0.05) is 4.88 Å². The van der Waals surface area contributed by atoms with Gasteiger partial charge in [-0.1, -0.05) is 18.0 Å². The van der Waals surface area contributed by atoms with E-state index < -0.39 is 0 Å². The smallest absolute Gasteiger partial charge is 0.0931 e. The van der Waals surface area contributed by atoms with Crippen molar-refractivity contribution in [1.82, 2.24) is 0 Å². The highest BCUT2D eigenvalue weighted by Gasteiger charge is 2.44. The van der Waals surface area contributed by atoms with Gasteiger partial charge in [0.2, 0.25) is 0 Å². The Morgan fingerprint density at radius 2 is 2.29 bits per heavy atom. The molecule has 0 aliphatic heterocycles. The fraction of sp³-hybridized carbons (Fsp3) is 0.500. The van der Waals surface area contributed by atoms with Crippen LogP contribution in [0.15, 0.2) is 12.1 Å². The third-order valence-electron chi connectivity index (χ3n) is 2.96. The molecule has 4 heteroatoms. The average Bonchev–Trinajstić information content (AvgIpc) is 2.50. The van der Waals surface area contributed by atoms with Crippen LogP contribution in [0.1, 0.15) is 30.2 Å². The van der Waals surface area contributed by atoms with Gasteiger partial charge in [-0.05, 0) is 25.0 Å². The zero-order chi connectivity index (χ0) is 10.2. The quantitative estimate of drug-likeness (QED) is 0.843. The number of hydrogen-bond acceptors (Lipinski definition) is 3. The van der Waals surface area contributed by atoms with Gasteiger partial charge in [0.1, 0.15) is 0 Å². The molecule has 0 aromatic carbocycles. The lowest BCUT2D eigenvalue weighted by Crippen LogP contribution is -2.38. The molecule has 0 saturated heterocycles. The minimum Gasteiger partial charge on any atom is -0.322 e. The Hall–Kier alpha value is -0.560. The third kappa shape index (κ3) is 1.44. The molecule has 1 fully saturated rings. The van der Waals surface area contributed by atoms with Gasteiger partial charge in [-0.15, -0.1) is 11.3 Å². The minimum absolute atomic E-state index is 0.168. The van der Waals surface area contributed by atoms with Crippen molar-refractivity contribution in [1.29, 1.82) is 5.26 Å². The Morgan fingerprint density at radius 3 is 2.64 bits per heavy atom. The highest BCUT2D eigenvalue weighted by molar-refractivity contribution is 7.16. The monoisotopic (exact) mass is 226 g/mol. The number of halogens is 1. The largest absolute Gasteiger partial charge is 0.322 e. The first-order valence-corrected chi connectivity index (χ1v) is 5.79. The molecule has 74 valence electrons. The molecule has 2 rings (SSSR count). The van der Waals surface area contributed by atoms with Crippen LogP contribution in [0.2, 0.25) is 4.34 Å². The van der Waals surface area contributed by atoms with Gasteiger partial charge in [0.05, 0.1) is 21.9 Å². The standard InChI is InChI=1S/C10H11ClN2S/c11-8-3-2-7(14-8)9(13)10(6-12)4-1-5-10/h2-3,9H,1,4-5,13H2. The molecule has 0 bridgehead atoms. The molecule has 1 aromatic rings. The second-order valence-corrected chi connectivity index (χ2v) is 5.49. The molecule has 2 N–H and O–H groups in total. The Morgan fingerprint density at radius 1 is 1.57 bits per heavy atom. The summed E-state index contributed by atoms with van der Waals surface area (Å²) in [6, 6.07) is 5.96. The number of nitriles is 1. The minimum atomic E-state index is -0.325. The molecular weight excluding hydrogens is 216 g/mol. The van der Waals surface area contributed by atoms with E-state index >= 15 is 0 Å². The number of hydrogen-bond donors (Lipinski definition) is 1. The van der Waals surface area contributed by atoms with Gasteiger partial charge in [-0.25, -0.2) is 0 Å². The van der Waals surface area contributed by atoms with E-state index in [1.54, 1.807) is 0 Å². The lowest BCUT2D eigenvalue weighted by Gasteiger charge is -2.39. The van der Waals surface area contributed by atoms with E-state index in [9.17, 15) is 0 Å². The average molecular weight is 227 g/mol. The fourth-order valence-electron chi connectivity index (χ4n) is 1.82. The van der Waals surface area contributed by atoms with Crippen LogP contribution in [0.5, 0.6) is 0 Å². The summed E-state index contributed by atoms with van der Waals surface area (Å²) >= 11 is 7.32. The van der Waals surface area contributed by atoms with Crippen molar-refractivity contribution in [3.63, 3.8) is 0 Å². The highest BCUT2D eigenvalue weighted by atomic mass is 35.5. The van der Waals surface area contributed by atoms with E-state index in [2.05, 4.69) is 6.07 Å². The van der Waals surface area contributed by atoms with Crippen LogP contribution in [0.4, 0.5) is 0 Å². The predicted molar refractivity (Wildman–Crippen MR) is 58.2 cm³/mol. The second-order valence-electron chi connectivity index (χ2n) is 3.74. The normalized spacial score (nSPS) is 20.9. The van der Waals surface area contributed by atoms with Gasteiger partial charge in [0.15, 0.2) is 0 Å². The second kappa shape index (κ2) is 3.54. The first-order chi connectivity index (χ1) is 6.68. The van der Waals surface area contributed by atoms with E-state index in [0.29, 0.717) is 0 Å². The Kier molecular flexibility index (Phi) is 2.52. The van der Waals surface area contributed by atoms with E-state index in [4.69, 9.17) is 22.6 Å². The zero-order valence-electron chi connectivity index (χ0n) is 7.66. The molecule has 0 spiro atoms. The number of nitrogens with zero attached hydrogens (tertiary/aromatic N) is 1. The summed E-state index contributed by atoms with van der Waals surface area (Å²) in [6.07, 6.45) is 2.95. The van der Waals surface area contributed by atoms with E-state index in [0.717, 1.165) is 28.5 Å². The summed E-state index contributed by atoms with van der Waals surface area (Å²) in [5.74, 6) is 0. The Balaban J connectivity index is 2.23.